The molecule has 0 radical (unpaired) electrons. The fourth-order valence-corrected chi connectivity index (χ4v) is 0.283. The molecule has 0 saturated carbocycles. The fraction of sp³-hybridized carbons (Fsp3) is 0.400. The first-order valence-electron chi connectivity index (χ1n) is 2.22. The highest BCUT2D eigenvalue weighted by molar-refractivity contribution is 4.89. The minimum Gasteiger partial charge on any atom is -0.462 e. The molecule has 0 aliphatic heterocycles. The lowest BCUT2D eigenvalue weighted by atomic mass is 10.8. The van der Waals surface area contributed by atoms with Gasteiger partial charge in [0.25, 0.3) is 0 Å². The zero-order valence-corrected chi connectivity index (χ0v) is 5.29. The summed E-state index contributed by atoms with van der Waals surface area (Å²) in [5, 5.41) is 7.89. The van der Waals surface area contributed by atoms with Gasteiger partial charge in [-0.1, -0.05) is 0 Å². The highest BCUT2D eigenvalue weighted by Gasteiger charge is 1.88. The van der Waals surface area contributed by atoms with E-state index in [2.05, 4.69) is 20.2 Å². The lowest BCUT2D eigenvalue weighted by Gasteiger charge is -1.95. The second kappa shape index (κ2) is 4.69. The second-order valence-electron chi connectivity index (χ2n) is 1.08. The molecule has 0 aliphatic rings. The molecule has 4 nitrogen and oxygen atoms in total. The van der Waals surface area contributed by atoms with Crippen LogP contribution < -0.4 is 0 Å². The van der Waals surface area contributed by atoms with Crippen molar-refractivity contribution in [1.29, 1.82) is 5.39 Å². The third-order valence-electron chi connectivity index (χ3n) is 0.611. The molecule has 4 heteroatoms. The molecule has 0 spiro atoms. The van der Waals surface area contributed by atoms with Gasteiger partial charge in [-0.3, -0.25) is 0 Å². The van der Waals surface area contributed by atoms with E-state index in [4.69, 9.17) is 5.39 Å². The molecule has 0 fully saturated rings. The van der Waals surface area contributed by atoms with E-state index in [0.717, 1.165) is 6.20 Å². The van der Waals surface area contributed by atoms with Gasteiger partial charge in [0.2, 0.25) is 5.39 Å². The predicted octanol–water partition coefficient (Wildman–Crippen LogP) is 1.09. The molecule has 0 aromatic carbocycles. The Morgan fingerprint density at radius 3 is 2.44 bits per heavy atom. The zero-order chi connectivity index (χ0) is 7.11. The molecular weight excluding hydrogens is 120 g/mol. The molecule has 0 aromatic heterocycles. The quantitative estimate of drug-likeness (QED) is 0.317. The first-order valence-corrected chi connectivity index (χ1v) is 2.22. The fourth-order valence-electron chi connectivity index (χ4n) is 0.283. The number of ether oxygens (including phenoxy) is 2. The van der Waals surface area contributed by atoms with Gasteiger partial charge in [0, 0.05) is 0 Å². The minimum atomic E-state index is 0.174. The van der Waals surface area contributed by atoms with E-state index >= 15 is 0 Å². The van der Waals surface area contributed by atoms with E-state index in [1.807, 2.05) is 0 Å². The van der Waals surface area contributed by atoms with E-state index in [-0.39, 0.29) is 5.95 Å². The summed E-state index contributed by atoms with van der Waals surface area (Å²) in [6.45, 7) is 0. The Morgan fingerprint density at radius 1 is 1.56 bits per heavy atom. The van der Waals surface area contributed by atoms with Gasteiger partial charge in [0.15, 0.2) is 4.98 Å². The lowest BCUT2D eigenvalue weighted by molar-refractivity contribution is 0.0966. The van der Waals surface area contributed by atoms with Crippen molar-refractivity contribution in [1.82, 2.24) is 0 Å². The van der Waals surface area contributed by atoms with Gasteiger partial charge in [-0.25, -0.2) is 0 Å². The normalized spacial score (nSPS) is 6.33. The first kappa shape index (κ1) is 7.54. The van der Waals surface area contributed by atoms with Crippen molar-refractivity contribution in [3.8, 4) is 0 Å². The monoisotopic (exact) mass is 127 g/mol. The summed E-state index contributed by atoms with van der Waals surface area (Å²) < 4.78 is 9.16. The van der Waals surface area contributed by atoms with Gasteiger partial charge in [-0.2, -0.15) is 0 Å². The minimum absolute atomic E-state index is 0.174. The van der Waals surface area contributed by atoms with Crippen LogP contribution in [-0.2, 0) is 9.47 Å². The average Bonchev–Trinajstić information content (AvgIpc) is 1.91. The molecule has 0 amide bonds. The zero-order valence-electron chi connectivity index (χ0n) is 5.29. The summed E-state index contributed by atoms with van der Waals surface area (Å²) >= 11 is 0. The van der Waals surface area contributed by atoms with Crippen molar-refractivity contribution >= 4 is 0 Å². The predicted molar refractivity (Wildman–Crippen MR) is 30.7 cm³/mol. The molecule has 9 heavy (non-hydrogen) atoms. The number of hydrogen-bond donors (Lipinski definition) is 0. The molecule has 0 aromatic rings. The van der Waals surface area contributed by atoms with Crippen LogP contribution in [0.15, 0.2) is 17.9 Å². The van der Waals surface area contributed by atoms with Crippen molar-refractivity contribution in [2.75, 3.05) is 14.2 Å². The van der Waals surface area contributed by atoms with Crippen molar-refractivity contribution in [2.24, 2.45) is 0 Å². The SMILES string of the molecule is COC(=C=C[N+]#N)OC. The van der Waals surface area contributed by atoms with Crippen LogP contribution in [0.2, 0.25) is 0 Å². The summed E-state index contributed by atoms with van der Waals surface area (Å²) in [5.74, 6) is 0.174. The van der Waals surface area contributed by atoms with Gasteiger partial charge in [0.1, 0.15) is 0 Å². The number of hydrogen-bond acceptors (Lipinski definition) is 3. The van der Waals surface area contributed by atoms with Crippen LogP contribution in [0.5, 0.6) is 0 Å². The van der Waals surface area contributed by atoms with Crippen LogP contribution in [0.3, 0.4) is 0 Å². The van der Waals surface area contributed by atoms with Crippen molar-refractivity contribution in [3.05, 3.63) is 22.9 Å². The summed E-state index contributed by atoms with van der Waals surface area (Å²) in [4.78, 5) is 2.65. The Balaban J connectivity index is 4.10. The average molecular weight is 127 g/mol. The van der Waals surface area contributed by atoms with Gasteiger partial charge >= 0.3 is 12.1 Å². The Morgan fingerprint density at radius 2 is 2.11 bits per heavy atom. The van der Waals surface area contributed by atoms with E-state index in [0.29, 0.717) is 0 Å². The van der Waals surface area contributed by atoms with Crippen LogP contribution in [-0.4, -0.2) is 14.2 Å². The molecule has 0 atom stereocenters. The Labute approximate surface area is 53.0 Å². The summed E-state index contributed by atoms with van der Waals surface area (Å²) in [7, 11) is 2.86. The van der Waals surface area contributed by atoms with Crippen molar-refractivity contribution < 1.29 is 9.47 Å². The van der Waals surface area contributed by atoms with Crippen molar-refractivity contribution in [3.63, 3.8) is 0 Å². The summed E-state index contributed by atoms with van der Waals surface area (Å²) in [5.41, 5.74) is 2.40. The molecule has 0 aliphatic carbocycles. The van der Waals surface area contributed by atoms with E-state index in [9.17, 15) is 0 Å². The van der Waals surface area contributed by atoms with Gasteiger partial charge in [0.05, 0.1) is 20.0 Å². The molecule has 0 N–H and O–H groups in total. The third-order valence-corrected chi connectivity index (χ3v) is 0.611. The van der Waals surface area contributed by atoms with Gasteiger partial charge < -0.3 is 9.47 Å². The maximum absolute atomic E-state index is 7.89. The maximum Gasteiger partial charge on any atom is 0.399 e. The molecular formula is C5H7N2O2+. The van der Waals surface area contributed by atoms with Gasteiger partial charge in [-0.05, 0) is 0 Å². The molecule has 0 heterocycles. The Hall–Kier alpha value is -1.46. The number of diazo groups is 1. The van der Waals surface area contributed by atoms with Gasteiger partial charge in [-0.15, -0.1) is 0 Å². The molecule has 0 saturated heterocycles. The molecule has 0 rings (SSSR count). The second-order valence-corrected chi connectivity index (χ2v) is 1.08. The van der Waals surface area contributed by atoms with Crippen molar-refractivity contribution in [2.45, 2.75) is 0 Å². The summed E-state index contributed by atoms with van der Waals surface area (Å²) in [6.07, 6.45) is 1.03. The Kier molecular flexibility index (Phi) is 3.93. The van der Waals surface area contributed by atoms with Crippen LogP contribution in [0, 0.1) is 5.39 Å². The number of rotatable bonds is 2. The molecule has 0 bridgehead atoms. The molecule has 48 valence electrons. The first-order chi connectivity index (χ1) is 4.35. The largest absolute Gasteiger partial charge is 0.462 e. The maximum atomic E-state index is 7.89. The Bertz CT molecular complexity index is 168. The van der Waals surface area contributed by atoms with E-state index in [1.54, 1.807) is 0 Å². The van der Waals surface area contributed by atoms with Crippen LogP contribution >= 0.6 is 0 Å². The van der Waals surface area contributed by atoms with E-state index in [1.165, 1.54) is 14.2 Å². The third kappa shape index (κ3) is 3.15. The standard InChI is InChI=1S/C5H7N2O2/c1-8-5(9-2)3-4-7-6/h4H,1-2H3/q+1. The lowest BCUT2D eigenvalue weighted by Crippen LogP contribution is -1.85. The highest BCUT2D eigenvalue weighted by atomic mass is 16.7. The van der Waals surface area contributed by atoms with Crippen LogP contribution in [0.1, 0.15) is 0 Å². The number of methoxy groups -OCH3 is 2. The summed E-state index contributed by atoms with van der Waals surface area (Å²) in [6, 6.07) is 0. The molecule has 0 unspecified atom stereocenters. The topological polar surface area (TPSA) is 46.6 Å². The smallest absolute Gasteiger partial charge is 0.399 e. The van der Waals surface area contributed by atoms with Crippen LogP contribution in [0.4, 0.5) is 0 Å². The highest BCUT2D eigenvalue weighted by Crippen LogP contribution is 1.90. The van der Waals surface area contributed by atoms with E-state index < -0.39 is 0 Å². The number of nitrogens with zero attached hydrogens (tertiary/aromatic N) is 2. The van der Waals surface area contributed by atoms with Crippen LogP contribution in [0.25, 0.3) is 4.98 Å².